The Hall–Kier alpha value is -2.92. The van der Waals surface area contributed by atoms with E-state index in [-0.39, 0.29) is 17.1 Å². The van der Waals surface area contributed by atoms with E-state index >= 15 is 0 Å². The van der Waals surface area contributed by atoms with Gasteiger partial charge in [-0.1, -0.05) is 31.1 Å². The molecule has 4 aliphatic carbocycles. The van der Waals surface area contributed by atoms with Crippen molar-refractivity contribution >= 4 is 23.4 Å². The first kappa shape index (κ1) is 30.4. The average Bonchev–Trinajstić information content (AvgIpc) is 3.86. The van der Waals surface area contributed by atoms with Gasteiger partial charge in [-0.25, -0.2) is 0 Å². The van der Waals surface area contributed by atoms with Gasteiger partial charge >= 0.3 is 0 Å². The van der Waals surface area contributed by atoms with Crippen molar-refractivity contribution in [1.82, 2.24) is 14.9 Å². The lowest BCUT2D eigenvalue weighted by atomic mass is 9.49. The van der Waals surface area contributed by atoms with E-state index in [0.29, 0.717) is 23.7 Å². The van der Waals surface area contributed by atoms with Crippen LogP contribution in [-0.4, -0.2) is 79.6 Å². The molecule has 2 saturated carbocycles. The highest BCUT2D eigenvalue weighted by Crippen LogP contribution is 2.65. The zero-order valence-corrected chi connectivity index (χ0v) is 28.2. The molecule has 3 saturated heterocycles. The van der Waals surface area contributed by atoms with Crippen LogP contribution in [0.2, 0.25) is 0 Å². The Bertz CT molecular complexity index is 1410. The second-order valence-corrected chi connectivity index (χ2v) is 16.0. The second-order valence-electron chi connectivity index (χ2n) is 16.0. The largest absolute Gasteiger partial charge is 0.356 e. The van der Waals surface area contributed by atoms with Gasteiger partial charge in [0.25, 0.3) is 0 Å². The van der Waals surface area contributed by atoms with E-state index < -0.39 is 0 Å². The molecule has 8 heteroatoms. The van der Waals surface area contributed by atoms with Gasteiger partial charge in [0.15, 0.2) is 5.78 Å². The number of hydrogen-bond donors (Lipinski definition) is 0. The summed E-state index contributed by atoms with van der Waals surface area (Å²) in [5, 5.41) is 10.1. The molecular weight excluding hydrogens is 570 g/mol. The SMILES string of the molecule is C[C@@]12C(=CC(=O)CC1C#N)CC[C@@H]1C2=CC[C@]2(C)[C@@H](CCN3CCN(c4cc(N5CCCC5)nc(N5CCCC5)n4)CC3)CC[C@@H]12. The van der Waals surface area contributed by atoms with Crippen LogP contribution in [0, 0.1) is 45.8 Å². The molecule has 3 aliphatic heterocycles. The van der Waals surface area contributed by atoms with Crippen LogP contribution in [0.15, 0.2) is 29.4 Å². The topological polar surface area (TPSA) is 79.6 Å². The lowest BCUT2D eigenvalue weighted by Gasteiger charge is -2.54. The molecule has 6 atom stereocenters. The van der Waals surface area contributed by atoms with E-state index in [4.69, 9.17) is 9.97 Å². The monoisotopic (exact) mass is 623 g/mol. The molecule has 0 spiro atoms. The molecule has 4 heterocycles. The number of nitrogens with zero attached hydrogens (tertiary/aromatic N) is 7. The zero-order valence-electron chi connectivity index (χ0n) is 28.2. The molecule has 1 aromatic rings. The van der Waals surface area contributed by atoms with Crippen LogP contribution >= 0.6 is 0 Å². The molecule has 5 fully saturated rings. The lowest BCUT2D eigenvalue weighted by molar-refractivity contribution is -0.116. The van der Waals surface area contributed by atoms with Crippen molar-refractivity contribution in [2.45, 2.75) is 84.5 Å². The minimum atomic E-state index is -0.237. The van der Waals surface area contributed by atoms with Crippen LogP contribution < -0.4 is 14.7 Å². The van der Waals surface area contributed by atoms with E-state index in [1.165, 1.54) is 62.6 Å². The van der Waals surface area contributed by atoms with Crippen molar-refractivity contribution < 1.29 is 4.79 Å². The fraction of sp³-hybridized carbons (Fsp3) is 0.737. The Balaban J connectivity index is 0.915. The quantitative estimate of drug-likeness (QED) is 0.357. The van der Waals surface area contributed by atoms with Crippen molar-refractivity contribution in [2.24, 2.45) is 34.5 Å². The van der Waals surface area contributed by atoms with Crippen molar-refractivity contribution in [1.29, 1.82) is 5.26 Å². The fourth-order valence-corrected chi connectivity index (χ4v) is 11.0. The van der Waals surface area contributed by atoms with Crippen LogP contribution in [0.25, 0.3) is 0 Å². The molecule has 0 amide bonds. The summed E-state index contributed by atoms with van der Waals surface area (Å²) in [6, 6.07) is 4.83. The molecule has 246 valence electrons. The number of aromatic nitrogens is 2. The van der Waals surface area contributed by atoms with E-state index in [2.05, 4.69) is 51.7 Å². The van der Waals surface area contributed by atoms with Crippen LogP contribution in [0.1, 0.15) is 84.5 Å². The summed E-state index contributed by atoms with van der Waals surface area (Å²) in [6.45, 7) is 14.7. The summed E-state index contributed by atoms with van der Waals surface area (Å²) in [7, 11) is 0. The number of anilines is 3. The molecule has 0 aromatic carbocycles. The van der Waals surface area contributed by atoms with Crippen LogP contribution in [0.5, 0.6) is 0 Å². The lowest BCUT2D eigenvalue weighted by Crippen LogP contribution is -2.48. The fourth-order valence-electron chi connectivity index (χ4n) is 11.0. The number of ketones is 1. The van der Waals surface area contributed by atoms with Crippen molar-refractivity contribution in [3.05, 3.63) is 29.4 Å². The minimum absolute atomic E-state index is 0.149. The van der Waals surface area contributed by atoms with E-state index in [0.717, 1.165) is 95.1 Å². The highest BCUT2D eigenvalue weighted by Gasteiger charge is 2.57. The number of rotatable bonds is 6. The van der Waals surface area contributed by atoms with Crippen molar-refractivity contribution in [3.63, 3.8) is 0 Å². The van der Waals surface area contributed by atoms with E-state index in [1.807, 2.05) is 6.08 Å². The molecule has 7 aliphatic rings. The first-order valence-electron chi connectivity index (χ1n) is 18.6. The number of fused-ring (bicyclic) bond motifs is 5. The number of carbonyl (C=O) groups excluding carboxylic acids is 1. The third kappa shape index (κ3) is 5.07. The molecule has 1 aromatic heterocycles. The molecule has 46 heavy (non-hydrogen) atoms. The molecule has 0 N–H and O–H groups in total. The summed E-state index contributed by atoms with van der Waals surface area (Å²) in [5.74, 6) is 5.15. The van der Waals surface area contributed by atoms with Gasteiger partial charge in [-0.05, 0) is 100.0 Å². The van der Waals surface area contributed by atoms with Gasteiger partial charge in [0, 0.05) is 70.3 Å². The Morgan fingerprint density at radius 1 is 0.891 bits per heavy atom. The van der Waals surface area contributed by atoms with Gasteiger partial charge in [0.2, 0.25) is 5.95 Å². The summed E-state index contributed by atoms with van der Waals surface area (Å²) in [5.41, 5.74) is 2.85. The summed E-state index contributed by atoms with van der Waals surface area (Å²) in [6.07, 6.45) is 17.0. The molecular formula is C38H53N7O. The van der Waals surface area contributed by atoms with Crippen LogP contribution in [0.4, 0.5) is 17.6 Å². The standard InChI is InChI=1S/C38H53N7O/c1-37-13-11-33-31(9-7-28-23-30(46)24-29(26-39)38(28,33)2)32(37)10-8-27(37)12-18-42-19-21-44(22-20-42)35-25-34(43-14-3-4-15-43)40-36(41-35)45-16-5-6-17-45/h11,23,25,27,29,31-32H,3-10,12-22,24H2,1-2H3/t27-,29?,31+,32+,37-,38-/m1/s1. The highest BCUT2D eigenvalue weighted by molar-refractivity contribution is 5.92. The third-order valence-electron chi connectivity index (χ3n) is 13.8. The Kier molecular flexibility index (Phi) is 7.90. The summed E-state index contributed by atoms with van der Waals surface area (Å²) in [4.78, 5) is 32.7. The van der Waals surface area contributed by atoms with Gasteiger partial charge in [-0.15, -0.1) is 0 Å². The predicted molar refractivity (Wildman–Crippen MR) is 183 cm³/mol. The Morgan fingerprint density at radius 3 is 2.26 bits per heavy atom. The van der Waals surface area contributed by atoms with Gasteiger partial charge < -0.3 is 14.7 Å². The number of carbonyl (C=O) groups is 1. The molecule has 1 unspecified atom stereocenters. The first-order chi connectivity index (χ1) is 22.4. The molecule has 8 rings (SSSR count). The highest BCUT2D eigenvalue weighted by atomic mass is 16.1. The predicted octanol–water partition coefficient (Wildman–Crippen LogP) is 6.01. The van der Waals surface area contributed by atoms with Gasteiger partial charge in [0.05, 0.1) is 12.0 Å². The Morgan fingerprint density at radius 2 is 1.57 bits per heavy atom. The van der Waals surface area contributed by atoms with E-state index in [1.54, 1.807) is 0 Å². The number of allylic oxidation sites excluding steroid dienone is 4. The normalized spacial score (nSPS) is 36.2. The van der Waals surface area contributed by atoms with Gasteiger partial charge in [-0.3, -0.25) is 9.69 Å². The third-order valence-corrected chi connectivity index (χ3v) is 13.8. The summed E-state index contributed by atoms with van der Waals surface area (Å²) < 4.78 is 0. The maximum Gasteiger partial charge on any atom is 0.229 e. The second kappa shape index (κ2) is 12.0. The number of nitriles is 1. The van der Waals surface area contributed by atoms with Crippen molar-refractivity contribution in [3.8, 4) is 6.07 Å². The average molecular weight is 624 g/mol. The minimum Gasteiger partial charge on any atom is -0.356 e. The molecule has 0 bridgehead atoms. The van der Waals surface area contributed by atoms with Crippen LogP contribution in [0.3, 0.4) is 0 Å². The number of piperazine rings is 1. The maximum atomic E-state index is 12.4. The van der Waals surface area contributed by atoms with Crippen LogP contribution in [-0.2, 0) is 4.79 Å². The smallest absolute Gasteiger partial charge is 0.229 e. The zero-order chi connectivity index (χ0) is 31.5. The van der Waals surface area contributed by atoms with E-state index in [9.17, 15) is 10.1 Å². The summed E-state index contributed by atoms with van der Waals surface area (Å²) >= 11 is 0. The van der Waals surface area contributed by atoms with Gasteiger partial charge in [-0.2, -0.15) is 15.2 Å². The molecule has 0 radical (unpaired) electrons. The Labute approximate surface area is 275 Å². The first-order valence-corrected chi connectivity index (χ1v) is 18.6. The maximum absolute atomic E-state index is 12.4. The van der Waals surface area contributed by atoms with Gasteiger partial charge in [0.1, 0.15) is 11.6 Å². The number of hydrogen-bond acceptors (Lipinski definition) is 8. The molecule has 8 nitrogen and oxygen atoms in total. The van der Waals surface area contributed by atoms with Crippen molar-refractivity contribution in [2.75, 3.05) is 73.6 Å².